The van der Waals surface area contributed by atoms with Crippen molar-refractivity contribution in [2.45, 2.75) is 63.4 Å². The van der Waals surface area contributed by atoms with Crippen LogP contribution in [0.5, 0.6) is 0 Å². The number of hydrogen-bond acceptors (Lipinski definition) is 5. The minimum absolute atomic E-state index is 0.0618. The molecule has 0 aromatic heterocycles. The smallest absolute Gasteiger partial charge is 0.336 e. The molecule has 1 aliphatic carbocycles. The highest BCUT2D eigenvalue weighted by Gasteiger charge is 2.56. The van der Waals surface area contributed by atoms with Crippen molar-refractivity contribution in [2.24, 2.45) is 16.1 Å². The van der Waals surface area contributed by atoms with Crippen LogP contribution in [-0.4, -0.2) is 39.6 Å². The molecule has 0 radical (unpaired) electrons. The number of nitrogens with zero attached hydrogens (tertiary/aromatic N) is 2. The highest BCUT2D eigenvalue weighted by molar-refractivity contribution is 6.74. The molecule has 0 spiro atoms. The number of methoxy groups -OCH3 is 1. The van der Waals surface area contributed by atoms with E-state index in [2.05, 4.69) is 50.7 Å². The van der Waals surface area contributed by atoms with Crippen LogP contribution in [0.15, 0.2) is 22.4 Å². The fourth-order valence-electron chi connectivity index (χ4n) is 2.94. The van der Waals surface area contributed by atoms with E-state index in [4.69, 9.17) is 9.16 Å². The Kier molecular flexibility index (Phi) is 4.39. The van der Waals surface area contributed by atoms with Gasteiger partial charge in [-0.15, -0.1) is 0 Å². The van der Waals surface area contributed by atoms with Gasteiger partial charge in [0.25, 0.3) is 0 Å². The summed E-state index contributed by atoms with van der Waals surface area (Å²) in [5.41, 5.74) is 0.185. The molecular weight excluding hydrogens is 296 g/mol. The maximum atomic E-state index is 12.3. The number of fused-ring (bicyclic) bond motifs is 1. The molecule has 0 unspecified atom stereocenters. The summed E-state index contributed by atoms with van der Waals surface area (Å²) in [5, 5.41) is 8.51. The summed E-state index contributed by atoms with van der Waals surface area (Å²) < 4.78 is 11.5. The zero-order valence-corrected chi connectivity index (χ0v) is 15.6. The Morgan fingerprint density at radius 1 is 1.41 bits per heavy atom. The summed E-state index contributed by atoms with van der Waals surface area (Å²) >= 11 is 0. The van der Waals surface area contributed by atoms with Crippen molar-refractivity contribution in [1.29, 1.82) is 0 Å². The fourth-order valence-corrected chi connectivity index (χ4v) is 4.25. The van der Waals surface area contributed by atoms with Crippen LogP contribution in [0.25, 0.3) is 0 Å². The van der Waals surface area contributed by atoms with E-state index < -0.39 is 13.9 Å². The largest absolute Gasteiger partial charge is 0.467 e. The Bertz CT molecular complexity index is 510. The zero-order chi connectivity index (χ0) is 16.8. The minimum atomic E-state index is -1.94. The van der Waals surface area contributed by atoms with E-state index in [9.17, 15) is 4.79 Å². The third-order valence-corrected chi connectivity index (χ3v) is 9.96. The van der Waals surface area contributed by atoms with Crippen LogP contribution in [0.1, 0.15) is 33.6 Å². The van der Waals surface area contributed by atoms with Gasteiger partial charge in [-0.05, 0) is 30.1 Å². The van der Waals surface area contributed by atoms with Crippen molar-refractivity contribution in [2.75, 3.05) is 13.7 Å². The average molecular weight is 324 g/mol. The molecule has 5 nitrogen and oxygen atoms in total. The number of hydrogen-bond donors (Lipinski definition) is 0. The molecule has 6 heteroatoms. The second-order valence-electron chi connectivity index (χ2n) is 7.97. The molecule has 1 heterocycles. The van der Waals surface area contributed by atoms with Gasteiger partial charge in [0.15, 0.2) is 13.9 Å². The lowest BCUT2D eigenvalue weighted by Crippen LogP contribution is -2.53. The molecule has 124 valence electrons. The lowest BCUT2D eigenvalue weighted by Gasteiger charge is -2.44. The van der Waals surface area contributed by atoms with Crippen LogP contribution in [0.3, 0.4) is 0 Å². The van der Waals surface area contributed by atoms with Crippen LogP contribution >= 0.6 is 0 Å². The van der Waals surface area contributed by atoms with Crippen molar-refractivity contribution in [3.63, 3.8) is 0 Å². The molecule has 1 fully saturated rings. The Labute approximate surface area is 134 Å². The first kappa shape index (κ1) is 17.3. The quantitative estimate of drug-likeness (QED) is 0.451. The number of esters is 1. The normalized spacial score (nSPS) is 32.0. The Hall–Kier alpha value is -1.01. The molecule has 0 aromatic carbocycles. The van der Waals surface area contributed by atoms with E-state index in [0.29, 0.717) is 13.0 Å². The molecule has 2 rings (SSSR count). The number of carbonyl (C=O) groups excluding carboxylic acids is 1. The van der Waals surface area contributed by atoms with Crippen molar-refractivity contribution >= 4 is 14.3 Å². The van der Waals surface area contributed by atoms with E-state index in [-0.39, 0.29) is 23.0 Å². The highest BCUT2D eigenvalue weighted by atomic mass is 28.4. The van der Waals surface area contributed by atoms with E-state index in [0.717, 1.165) is 12.0 Å². The fraction of sp³-hybridized carbons (Fsp3) is 0.812. The first-order valence-corrected chi connectivity index (χ1v) is 10.8. The zero-order valence-electron chi connectivity index (χ0n) is 14.6. The lowest BCUT2D eigenvalue weighted by atomic mass is 9.71. The lowest BCUT2D eigenvalue weighted by molar-refractivity contribution is -0.150. The molecule has 3 atom stereocenters. The van der Waals surface area contributed by atoms with Crippen molar-refractivity contribution < 1.29 is 14.0 Å². The van der Waals surface area contributed by atoms with Gasteiger partial charge in [-0.25, -0.2) is 4.79 Å². The van der Waals surface area contributed by atoms with Crippen molar-refractivity contribution in [1.82, 2.24) is 0 Å². The number of carbonyl (C=O) groups is 1. The molecule has 0 aromatic rings. The highest BCUT2D eigenvalue weighted by Crippen LogP contribution is 2.47. The molecule has 2 aliphatic rings. The third-order valence-electron chi connectivity index (χ3n) is 5.47. The van der Waals surface area contributed by atoms with E-state index in [1.807, 2.05) is 0 Å². The van der Waals surface area contributed by atoms with Crippen LogP contribution < -0.4 is 0 Å². The maximum absolute atomic E-state index is 12.3. The second-order valence-corrected chi connectivity index (χ2v) is 12.7. The number of azo groups is 1. The SMILES string of the molecule is C=C1C[C@@H]2CN=N[C@]2(C(=O)OC)C[C@H]1O[Si](C)(C)C(C)(C)C. The molecule has 0 bridgehead atoms. The Morgan fingerprint density at radius 2 is 2.05 bits per heavy atom. The van der Waals surface area contributed by atoms with Gasteiger partial charge < -0.3 is 9.16 Å². The van der Waals surface area contributed by atoms with Crippen LogP contribution in [0.2, 0.25) is 18.1 Å². The summed E-state index contributed by atoms with van der Waals surface area (Å²) in [7, 11) is -0.529. The molecule has 1 aliphatic heterocycles. The van der Waals surface area contributed by atoms with Gasteiger partial charge in [-0.1, -0.05) is 27.4 Å². The Morgan fingerprint density at radius 3 is 2.59 bits per heavy atom. The molecule has 0 saturated heterocycles. The minimum Gasteiger partial charge on any atom is -0.467 e. The standard InChI is InChI=1S/C16H28N2O3Si/c1-11-8-12-10-17-18-16(12,14(19)20-5)9-13(11)21-22(6,7)15(2,3)4/h12-13H,1,8-10H2,2-7H3/t12-,13-,16-/m1/s1. The Balaban J connectivity index is 2.25. The summed E-state index contributed by atoms with van der Waals surface area (Å²) in [6.45, 7) is 15.8. The summed E-state index contributed by atoms with van der Waals surface area (Å²) in [5.74, 6) is -0.234. The molecule has 0 amide bonds. The monoisotopic (exact) mass is 324 g/mol. The topological polar surface area (TPSA) is 60.2 Å². The third kappa shape index (κ3) is 2.78. The molecule has 22 heavy (non-hydrogen) atoms. The van der Waals surface area contributed by atoms with Gasteiger partial charge in [0.1, 0.15) is 0 Å². The number of rotatable bonds is 3. The second kappa shape index (κ2) is 5.56. The average Bonchev–Trinajstić information content (AvgIpc) is 2.80. The first-order valence-electron chi connectivity index (χ1n) is 7.86. The van der Waals surface area contributed by atoms with Gasteiger partial charge in [0.2, 0.25) is 0 Å². The van der Waals surface area contributed by atoms with Crippen LogP contribution in [-0.2, 0) is 14.0 Å². The maximum Gasteiger partial charge on any atom is 0.336 e. The predicted octanol–water partition coefficient (Wildman–Crippen LogP) is 3.72. The van der Waals surface area contributed by atoms with Crippen LogP contribution in [0, 0.1) is 5.92 Å². The predicted molar refractivity (Wildman–Crippen MR) is 88.4 cm³/mol. The van der Waals surface area contributed by atoms with E-state index in [1.165, 1.54) is 7.11 Å². The van der Waals surface area contributed by atoms with E-state index in [1.54, 1.807) is 0 Å². The van der Waals surface area contributed by atoms with Gasteiger partial charge in [-0.3, -0.25) is 0 Å². The van der Waals surface area contributed by atoms with Crippen molar-refractivity contribution in [3.8, 4) is 0 Å². The van der Waals surface area contributed by atoms with Crippen LogP contribution in [0.4, 0.5) is 0 Å². The van der Waals surface area contributed by atoms with Gasteiger partial charge >= 0.3 is 5.97 Å². The summed E-state index contributed by atoms with van der Waals surface area (Å²) in [4.78, 5) is 12.3. The molecule has 0 N–H and O–H groups in total. The van der Waals surface area contributed by atoms with Crippen molar-refractivity contribution in [3.05, 3.63) is 12.2 Å². The first-order chi connectivity index (χ1) is 10.0. The van der Waals surface area contributed by atoms with Gasteiger partial charge in [0.05, 0.1) is 19.8 Å². The van der Waals surface area contributed by atoms with Gasteiger partial charge in [-0.2, -0.15) is 10.2 Å². The summed E-state index contributed by atoms with van der Waals surface area (Å²) in [6.07, 6.45) is 1.08. The number of ether oxygens (including phenoxy) is 1. The molecule has 1 saturated carbocycles. The molecular formula is C16H28N2O3Si. The van der Waals surface area contributed by atoms with Gasteiger partial charge in [0, 0.05) is 12.3 Å². The summed E-state index contributed by atoms with van der Waals surface area (Å²) in [6, 6.07) is 0. The van der Waals surface area contributed by atoms with E-state index >= 15 is 0 Å².